The second-order valence-corrected chi connectivity index (χ2v) is 4.01. The van der Waals surface area contributed by atoms with Crippen molar-refractivity contribution >= 4 is 17.3 Å². The first-order valence-electron chi connectivity index (χ1n) is 5.31. The molecule has 0 aliphatic heterocycles. The molecule has 0 heterocycles. The summed E-state index contributed by atoms with van der Waals surface area (Å²) in [6, 6.07) is 14.7. The molecule has 0 fully saturated rings. The molecule has 0 saturated heterocycles. The van der Waals surface area contributed by atoms with Crippen LogP contribution >= 0.6 is 11.6 Å². The lowest BCUT2D eigenvalue weighted by atomic mass is 10.2. The predicted molar refractivity (Wildman–Crippen MR) is 71.0 cm³/mol. The number of nitrogens with zero attached hydrogens (tertiary/aromatic N) is 3. The fourth-order valence-electron chi connectivity index (χ4n) is 1.47. The zero-order valence-electron chi connectivity index (χ0n) is 9.45. The normalized spacial score (nSPS) is 9.61. The minimum absolute atomic E-state index is 0.390. The van der Waals surface area contributed by atoms with E-state index in [-0.39, 0.29) is 0 Å². The Labute approximate surface area is 109 Å². The van der Waals surface area contributed by atoms with Gasteiger partial charge in [0.25, 0.3) is 0 Å². The average molecular weight is 260 g/mol. The van der Waals surface area contributed by atoms with Crippen LogP contribution in [0.1, 0.15) is 5.56 Å². The van der Waals surface area contributed by atoms with Gasteiger partial charge in [-0.2, -0.15) is 0 Å². The zero-order chi connectivity index (χ0) is 12.8. The van der Waals surface area contributed by atoms with Gasteiger partial charge in [0.15, 0.2) is 0 Å². The van der Waals surface area contributed by atoms with Crippen molar-refractivity contribution < 1.29 is 4.74 Å². The Morgan fingerprint density at radius 1 is 1.17 bits per heavy atom. The van der Waals surface area contributed by atoms with Crippen molar-refractivity contribution in [1.29, 1.82) is 0 Å². The van der Waals surface area contributed by atoms with Crippen LogP contribution in [0.3, 0.4) is 0 Å². The lowest BCUT2D eigenvalue weighted by Crippen LogP contribution is -1.95. The van der Waals surface area contributed by atoms with Gasteiger partial charge in [0.1, 0.15) is 12.4 Å². The van der Waals surface area contributed by atoms with Gasteiger partial charge in [0.05, 0.1) is 5.69 Å². The van der Waals surface area contributed by atoms with Crippen LogP contribution in [0.5, 0.6) is 5.75 Å². The Morgan fingerprint density at radius 2 is 1.94 bits per heavy atom. The van der Waals surface area contributed by atoms with Gasteiger partial charge >= 0.3 is 0 Å². The van der Waals surface area contributed by atoms with Gasteiger partial charge < -0.3 is 4.74 Å². The smallest absolute Gasteiger partial charge is 0.129 e. The van der Waals surface area contributed by atoms with Crippen molar-refractivity contribution in [3.05, 3.63) is 69.6 Å². The first-order valence-corrected chi connectivity index (χ1v) is 5.69. The molecule has 0 aliphatic carbocycles. The van der Waals surface area contributed by atoms with Gasteiger partial charge in [-0.3, -0.25) is 0 Å². The molecule has 2 rings (SSSR count). The zero-order valence-corrected chi connectivity index (χ0v) is 10.2. The molecule has 0 N–H and O–H groups in total. The van der Waals surface area contributed by atoms with Gasteiger partial charge in [-0.1, -0.05) is 47.0 Å². The Kier molecular flexibility index (Phi) is 4.07. The highest BCUT2D eigenvalue weighted by molar-refractivity contribution is 6.30. The molecule has 0 unspecified atom stereocenters. The quantitative estimate of drug-likeness (QED) is 0.439. The number of hydrogen-bond donors (Lipinski definition) is 0. The van der Waals surface area contributed by atoms with E-state index in [1.165, 1.54) is 0 Å². The van der Waals surface area contributed by atoms with E-state index < -0.39 is 0 Å². The summed E-state index contributed by atoms with van der Waals surface area (Å²) in [5, 5.41) is 4.05. The molecule has 0 radical (unpaired) electrons. The fraction of sp³-hybridized carbons (Fsp3) is 0.0769. The van der Waals surface area contributed by atoms with E-state index >= 15 is 0 Å². The van der Waals surface area contributed by atoms with Crippen LogP contribution < -0.4 is 4.74 Å². The molecule has 18 heavy (non-hydrogen) atoms. The Bertz CT molecular complexity index is 580. The van der Waals surface area contributed by atoms with Gasteiger partial charge in [-0.25, -0.2) is 0 Å². The monoisotopic (exact) mass is 259 g/mol. The number of benzene rings is 2. The third kappa shape index (κ3) is 3.17. The molecule has 0 atom stereocenters. The summed E-state index contributed by atoms with van der Waals surface area (Å²) >= 11 is 5.83. The van der Waals surface area contributed by atoms with Crippen molar-refractivity contribution in [2.75, 3.05) is 0 Å². The lowest BCUT2D eigenvalue weighted by Gasteiger charge is -2.08. The SMILES string of the molecule is [N-]=[N+]=Nc1cc(Cl)ccc1OCc1ccccc1. The van der Waals surface area contributed by atoms with Crippen molar-refractivity contribution in [3.63, 3.8) is 0 Å². The molecule has 2 aromatic carbocycles. The summed E-state index contributed by atoms with van der Waals surface area (Å²) in [6.45, 7) is 0.413. The number of halogens is 1. The van der Waals surface area contributed by atoms with E-state index in [0.717, 1.165) is 5.56 Å². The second-order valence-electron chi connectivity index (χ2n) is 3.58. The largest absolute Gasteiger partial charge is 0.488 e. The molecule has 0 bridgehead atoms. The maximum atomic E-state index is 8.48. The Hall–Kier alpha value is -2.16. The summed E-state index contributed by atoms with van der Waals surface area (Å²) in [5.41, 5.74) is 9.91. The Morgan fingerprint density at radius 3 is 2.67 bits per heavy atom. The van der Waals surface area contributed by atoms with E-state index in [4.69, 9.17) is 21.9 Å². The summed E-state index contributed by atoms with van der Waals surface area (Å²) < 4.78 is 5.61. The number of ether oxygens (including phenoxy) is 1. The van der Waals surface area contributed by atoms with Crippen molar-refractivity contribution in [2.24, 2.45) is 5.11 Å². The molecule has 0 amide bonds. The van der Waals surface area contributed by atoms with Crippen LogP contribution in [0, 0.1) is 0 Å². The summed E-state index contributed by atoms with van der Waals surface area (Å²) in [6.07, 6.45) is 0. The average Bonchev–Trinajstić information content (AvgIpc) is 2.39. The summed E-state index contributed by atoms with van der Waals surface area (Å²) in [4.78, 5) is 2.75. The second kappa shape index (κ2) is 5.96. The number of hydrogen-bond acceptors (Lipinski definition) is 2. The lowest BCUT2D eigenvalue weighted by molar-refractivity contribution is 0.307. The van der Waals surface area contributed by atoms with E-state index in [1.807, 2.05) is 30.3 Å². The van der Waals surface area contributed by atoms with E-state index in [9.17, 15) is 0 Å². The van der Waals surface area contributed by atoms with Gasteiger partial charge in [0.2, 0.25) is 0 Å². The topological polar surface area (TPSA) is 58.0 Å². The minimum atomic E-state index is 0.390. The summed E-state index contributed by atoms with van der Waals surface area (Å²) in [5.74, 6) is 0.515. The van der Waals surface area contributed by atoms with Gasteiger partial charge in [-0.15, -0.1) is 0 Å². The number of azide groups is 1. The van der Waals surface area contributed by atoms with Gasteiger partial charge in [-0.05, 0) is 29.3 Å². The highest BCUT2D eigenvalue weighted by Gasteiger charge is 2.03. The van der Waals surface area contributed by atoms with Gasteiger partial charge in [0, 0.05) is 9.93 Å². The molecule has 0 saturated carbocycles. The highest BCUT2D eigenvalue weighted by atomic mass is 35.5. The first kappa shape index (κ1) is 12.3. The highest BCUT2D eigenvalue weighted by Crippen LogP contribution is 2.31. The van der Waals surface area contributed by atoms with E-state index in [1.54, 1.807) is 18.2 Å². The fourth-order valence-corrected chi connectivity index (χ4v) is 1.64. The standard InChI is InChI=1S/C13H10ClN3O/c14-11-6-7-13(12(8-11)16-17-15)18-9-10-4-2-1-3-5-10/h1-8H,9H2. The van der Waals surface area contributed by atoms with E-state index in [0.29, 0.717) is 23.1 Å². The number of rotatable bonds is 4. The van der Waals surface area contributed by atoms with Crippen LogP contribution in [0.25, 0.3) is 10.4 Å². The molecule has 5 heteroatoms. The molecule has 2 aromatic rings. The molecule has 0 aromatic heterocycles. The van der Waals surface area contributed by atoms with Crippen molar-refractivity contribution in [3.8, 4) is 5.75 Å². The maximum absolute atomic E-state index is 8.48. The van der Waals surface area contributed by atoms with Crippen LogP contribution in [-0.2, 0) is 6.61 Å². The van der Waals surface area contributed by atoms with Crippen LogP contribution in [0.4, 0.5) is 5.69 Å². The molecule has 90 valence electrons. The third-order valence-corrected chi connectivity index (χ3v) is 2.55. The van der Waals surface area contributed by atoms with Crippen LogP contribution in [-0.4, -0.2) is 0 Å². The molecular formula is C13H10ClN3O. The molecule has 0 spiro atoms. The third-order valence-electron chi connectivity index (χ3n) is 2.31. The van der Waals surface area contributed by atoms with Crippen molar-refractivity contribution in [1.82, 2.24) is 0 Å². The predicted octanol–water partition coefficient (Wildman–Crippen LogP) is 4.86. The molecular weight excluding hydrogens is 250 g/mol. The van der Waals surface area contributed by atoms with Crippen LogP contribution in [0.2, 0.25) is 5.02 Å². The summed E-state index contributed by atoms with van der Waals surface area (Å²) in [7, 11) is 0. The van der Waals surface area contributed by atoms with E-state index in [2.05, 4.69) is 10.0 Å². The maximum Gasteiger partial charge on any atom is 0.129 e. The first-order chi connectivity index (χ1) is 8.79. The van der Waals surface area contributed by atoms with Crippen molar-refractivity contribution in [2.45, 2.75) is 6.61 Å². The molecule has 0 aliphatic rings. The Balaban J connectivity index is 2.16. The minimum Gasteiger partial charge on any atom is -0.488 e. The molecule has 4 nitrogen and oxygen atoms in total. The van der Waals surface area contributed by atoms with Crippen LogP contribution in [0.15, 0.2) is 53.6 Å².